The number of rotatable bonds is 15. The second-order valence-corrected chi connectivity index (χ2v) is 13.9. The predicted octanol–water partition coefficient (Wildman–Crippen LogP) is 5.59. The summed E-state index contributed by atoms with van der Waals surface area (Å²) in [5.74, 6) is 0.380. The lowest BCUT2D eigenvalue weighted by Gasteiger charge is -2.37. The first-order valence-corrected chi connectivity index (χ1v) is 18.6. The molecule has 0 N–H and O–H groups in total. The number of hydrogen-bond acceptors (Lipinski definition) is 11. The van der Waals surface area contributed by atoms with Gasteiger partial charge in [-0.05, 0) is 53.1 Å². The summed E-state index contributed by atoms with van der Waals surface area (Å²) in [6.45, 7) is 2.34. The maximum absolute atomic E-state index is 14.0. The second-order valence-electron chi connectivity index (χ2n) is 12.7. The number of ether oxygens (including phenoxy) is 6. The number of nitrogens with zero attached hydrogens (tertiary/aromatic N) is 2. The van der Waals surface area contributed by atoms with Crippen molar-refractivity contribution in [1.29, 1.82) is 0 Å². The number of hydrogen-bond donors (Lipinski definition) is 0. The summed E-state index contributed by atoms with van der Waals surface area (Å²) in [4.78, 5) is 53.1. The third kappa shape index (κ3) is 8.69. The molecule has 5 aromatic rings. The molecule has 0 aliphatic carbocycles. The molecular formula is C42H42N2O10S. The molecule has 13 heteroatoms. The number of carbonyl (C=O) groups is 2. The van der Waals surface area contributed by atoms with Crippen molar-refractivity contribution in [3.05, 3.63) is 159 Å². The molecule has 1 aromatic heterocycles. The number of carbonyl (C=O) groups excluding carboxylic acids is 2. The van der Waals surface area contributed by atoms with E-state index in [-0.39, 0.29) is 13.2 Å². The van der Waals surface area contributed by atoms with Crippen molar-refractivity contribution >= 4 is 23.7 Å². The van der Waals surface area contributed by atoms with Gasteiger partial charge in [0.25, 0.3) is 5.56 Å². The van der Waals surface area contributed by atoms with Crippen molar-refractivity contribution < 1.29 is 38.0 Å². The van der Waals surface area contributed by atoms with Gasteiger partial charge in [0.15, 0.2) is 18.4 Å². The van der Waals surface area contributed by atoms with Crippen LogP contribution in [0.4, 0.5) is 0 Å². The van der Waals surface area contributed by atoms with Crippen molar-refractivity contribution in [2.24, 2.45) is 0 Å². The zero-order chi connectivity index (χ0) is 39.0. The molecule has 1 saturated heterocycles. The van der Waals surface area contributed by atoms with Gasteiger partial charge in [0.1, 0.15) is 23.2 Å². The van der Waals surface area contributed by atoms with Crippen molar-refractivity contribution in [3.8, 4) is 11.5 Å². The molecule has 4 aromatic carbocycles. The van der Waals surface area contributed by atoms with Gasteiger partial charge >= 0.3 is 17.6 Å². The molecule has 4 atom stereocenters. The summed E-state index contributed by atoms with van der Waals surface area (Å²) >= 11 is 1.50. The maximum Gasteiger partial charge on any atom is 0.333 e. The number of methoxy groups -OCH3 is 2. The van der Waals surface area contributed by atoms with Crippen molar-refractivity contribution in [2.75, 3.05) is 26.6 Å². The lowest BCUT2D eigenvalue weighted by atomic mass is 9.80. The smallest absolute Gasteiger partial charge is 0.333 e. The lowest BCUT2D eigenvalue weighted by Crippen LogP contribution is -2.45. The van der Waals surface area contributed by atoms with E-state index in [9.17, 15) is 19.2 Å². The summed E-state index contributed by atoms with van der Waals surface area (Å²) in [7, 11) is 3.17. The van der Waals surface area contributed by atoms with Gasteiger partial charge in [-0.1, -0.05) is 72.8 Å². The Morgan fingerprint density at radius 2 is 1.24 bits per heavy atom. The standard InChI is InChI=1S/C42H42N2O10S/c1-28(45)52-38-36(54-40(39(38)53-29(2)46)44-24-23-37(47)43(41(44)48)25-26-55-35-13-9-6-10-14-35)27-51-42(30-11-7-5-8-12-30,31-15-19-33(49-3)20-16-31)32-17-21-34(50-4)22-18-32/h5-24,36,38-40H,25-27H2,1-4H3/t36-,38-,39-,40-/m1/s1. The van der Waals surface area contributed by atoms with Gasteiger partial charge in [0.05, 0.1) is 20.8 Å². The molecule has 286 valence electrons. The first-order chi connectivity index (χ1) is 26.6. The summed E-state index contributed by atoms with van der Waals surface area (Å²) in [5, 5.41) is 0. The van der Waals surface area contributed by atoms with Gasteiger partial charge in [-0.2, -0.15) is 0 Å². The molecule has 1 fully saturated rings. The van der Waals surface area contributed by atoms with Gasteiger partial charge in [-0.25, -0.2) is 4.79 Å². The van der Waals surface area contributed by atoms with Crippen LogP contribution in [-0.2, 0) is 40.7 Å². The average molecular weight is 767 g/mol. The highest BCUT2D eigenvalue weighted by atomic mass is 32.2. The minimum absolute atomic E-state index is 0.103. The fourth-order valence-electron chi connectivity index (χ4n) is 6.70. The van der Waals surface area contributed by atoms with Crippen LogP contribution < -0.4 is 20.7 Å². The lowest BCUT2D eigenvalue weighted by molar-refractivity contribution is -0.166. The van der Waals surface area contributed by atoms with Crippen LogP contribution in [0.5, 0.6) is 11.5 Å². The molecular weight excluding hydrogens is 725 g/mol. The predicted molar refractivity (Wildman–Crippen MR) is 205 cm³/mol. The van der Waals surface area contributed by atoms with E-state index in [1.807, 2.05) is 109 Å². The highest BCUT2D eigenvalue weighted by Gasteiger charge is 2.52. The molecule has 1 aliphatic rings. The minimum Gasteiger partial charge on any atom is -0.497 e. The molecule has 0 radical (unpaired) electrons. The van der Waals surface area contributed by atoms with Gasteiger partial charge in [0, 0.05) is 43.3 Å². The molecule has 12 nitrogen and oxygen atoms in total. The Bertz CT molecular complexity index is 2130. The Kier molecular flexibility index (Phi) is 12.6. The molecule has 0 amide bonds. The number of thioether (sulfide) groups is 1. The molecule has 0 unspecified atom stereocenters. The molecule has 0 bridgehead atoms. The van der Waals surface area contributed by atoms with Gasteiger partial charge in [-0.3, -0.25) is 23.5 Å². The van der Waals surface area contributed by atoms with Crippen LogP contribution >= 0.6 is 11.8 Å². The quantitative estimate of drug-likeness (QED) is 0.0751. The number of aromatic nitrogens is 2. The van der Waals surface area contributed by atoms with Crippen molar-refractivity contribution in [3.63, 3.8) is 0 Å². The fraction of sp³-hybridized carbons (Fsp3) is 0.286. The summed E-state index contributed by atoms with van der Waals surface area (Å²) < 4.78 is 38.3. The first kappa shape index (κ1) is 39.1. The van der Waals surface area contributed by atoms with E-state index in [2.05, 4.69) is 0 Å². The fourth-order valence-corrected chi connectivity index (χ4v) is 7.56. The zero-order valence-corrected chi connectivity index (χ0v) is 31.7. The van der Waals surface area contributed by atoms with Crippen LogP contribution in [0.3, 0.4) is 0 Å². The van der Waals surface area contributed by atoms with E-state index in [1.54, 1.807) is 14.2 Å². The van der Waals surface area contributed by atoms with E-state index < -0.39 is 53.3 Å². The van der Waals surface area contributed by atoms with Crippen LogP contribution in [-0.4, -0.2) is 66.0 Å². The van der Waals surface area contributed by atoms with Gasteiger partial charge < -0.3 is 28.4 Å². The molecule has 1 aliphatic heterocycles. The van der Waals surface area contributed by atoms with Crippen LogP contribution in [0.25, 0.3) is 0 Å². The van der Waals surface area contributed by atoms with E-state index in [1.165, 1.54) is 42.4 Å². The largest absolute Gasteiger partial charge is 0.497 e. The monoisotopic (exact) mass is 766 g/mol. The Labute approximate surface area is 322 Å². The second kappa shape index (κ2) is 17.7. The molecule has 0 spiro atoms. The molecule has 6 rings (SSSR count). The third-order valence-corrected chi connectivity index (χ3v) is 10.2. The van der Waals surface area contributed by atoms with Gasteiger partial charge in [0.2, 0.25) is 0 Å². The Balaban J connectivity index is 1.40. The SMILES string of the molecule is COc1ccc(C(OC[C@H]2O[C@@H](n3ccc(=O)n(CCSc4ccccc4)c3=O)[C@H](OC(C)=O)[C@@H]2OC(C)=O)(c2ccccc2)c2ccc(OC)cc2)cc1. The summed E-state index contributed by atoms with van der Waals surface area (Å²) in [5.41, 5.74) is -0.175. The summed E-state index contributed by atoms with van der Waals surface area (Å²) in [6.07, 6.45) is -3.52. The van der Waals surface area contributed by atoms with Crippen LogP contribution in [0.15, 0.2) is 136 Å². The zero-order valence-electron chi connectivity index (χ0n) is 30.9. The van der Waals surface area contributed by atoms with Crippen LogP contribution in [0.2, 0.25) is 0 Å². The Morgan fingerprint density at radius 3 is 1.78 bits per heavy atom. The maximum atomic E-state index is 14.0. The Morgan fingerprint density at radius 1 is 0.709 bits per heavy atom. The van der Waals surface area contributed by atoms with Crippen LogP contribution in [0, 0.1) is 0 Å². The Hall–Kier alpha value is -5.63. The van der Waals surface area contributed by atoms with Crippen molar-refractivity contribution in [1.82, 2.24) is 9.13 Å². The normalized spacial score (nSPS) is 18.0. The highest BCUT2D eigenvalue weighted by molar-refractivity contribution is 7.99. The molecule has 0 saturated carbocycles. The van der Waals surface area contributed by atoms with E-state index in [0.29, 0.717) is 17.3 Å². The third-order valence-electron chi connectivity index (χ3n) is 9.22. The van der Waals surface area contributed by atoms with Crippen molar-refractivity contribution in [2.45, 2.75) is 55.4 Å². The topological polar surface area (TPSA) is 134 Å². The number of benzene rings is 4. The minimum atomic E-state index is -1.28. The molecule has 55 heavy (non-hydrogen) atoms. The van der Waals surface area contributed by atoms with E-state index >= 15 is 0 Å². The van der Waals surface area contributed by atoms with Crippen LogP contribution in [0.1, 0.15) is 36.8 Å². The van der Waals surface area contributed by atoms with E-state index in [4.69, 9.17) is 28.4 Å². The first-order valence-electron chi connectivity index (χ1n) is 17.6. The highest BCUT2D eigenvalue weighted by Crippen LogP contribution is 2.43. The van der Waals surface area contributed by atoms with Gasteiger partial charge in [-0.15, -0.1) is 11.8 Å². The molecule has 2 heterocycles. The number of esters is 2. The summed E-state index contributed by atoms with van der Waals surface area (Å²) in [6, 6.07) is 35.4. The van der Waals surface area contributed by atoms with E-state index in [0.717, 1.165) is 26.2 Å². The average Bonchev–Trinajstić information content (AvgIpc) is 3.52.